The lowest BCUT2D eigenvalue weighted by Gasteiger charge is -2.30. The summed E-state index contributed by atoms with van der Waals surface area (Å²) in [5.74, 6) is -0.586. The molecule has 1 atom stereocenters. The maximum Gasteiger partial charge on any atom is 0.246 e. The molecule has 0 heterocycles. The number of hydrogen-bond acceptors (Lipinski definition) is 4. The molecule has 0 aliphatic rings. The van der Waals surface area contributed by atoms with Crippen molar-refractivity contribution in [3.63, 3.8) is 0 Å². The summed E-state index contributed by atoms with van der Waals surface area (Å²) in [5, 5.41) is 23.9. The van der Waals surface area contributed by atoms with Crippen LogP contribution in [0.25, 0.3) is 0 Å². The highest BCUT2D eigenvalue weighted by Crippen LogP contribution is 2.17. The van der Waals surface area contributed by atoms with E-state index in [1.807, 2.05) is 30.3 Å². The van der Waals surface area contributed by atoms with Gasteiger partial charge in [0, 0.05) is 19.4 Å². The van der Waals surface area contributed by atoms with Gasteiger partial charge < -0.3 is 20.8 Å². The third-order valence-electron chi connectivity index (χ3n) is 4.05. The van der Waals surface area contributed by atoms with E-state index in [0.29, 0.717) is 6.54 Å². The molecule has 0 aliphatic carbocycles. The first-order chi connectivity index (χ1) is 12.4. The van der Waals surface area contributed by atoms with Crippen molar-refractivity contribution in [1.29, 1.82) is 0 Å². The van der Waals surface area contributed by atoms with Gasteiger partial charge in [-0.2, -0.15) is 0 Å². The summed E-state index contributed by atoms with van der Waals surface area (Å²) in [6, 6.07) is 16.0. The van der Waals surface area contributed by atoms with Gasteiger partial charge in [0.05, 0.1) is 6.61 Å². The Bertz CT molecular complexity index is 731. The Hall–Kier alpha value is -2.86. The molecule has 2 rings (SSSR count). The number of aliphatic hydroxyl groups excluding tert-OH is 1. The molecule has 0 radical (unpaired) electrons. The first kappa shape index (κ1) is 19.5. The lowest BCUT2D eigenvalue weighted by molar-refractivity contribution is -0.133. The second-order valence-corrected chi connectivity index (χ2v) is 6.37. The number of aliphatic hydroxyl groups is 1. The predicted octanol–water partition coefficient (Wildman–Crippen LogP) is 1.51. The molecular formula is C20H24N2O4. The van der Waals surface area contributed by atoms with E-state index in [9.17, 15) is 14.7 Å². The van der Waals surface area contributed by atoms with Crippen molar-refractivity contribution < 1.29 is 19.8 Å². The Kier molecular flexibility index (Phi) is 6.74. The van der Waals surface area contributed by atoms with E-state index in [0.717, 1.165) is 11.1 Å². The Labute approximate surface area is 152 Å². The van der Waals surface area contributed by atoms with Crippen LogP contribution in [0.1, 0.15) is 24.5 Å². The van der Waals surface area contributed by atoms with Crippen LogP contribution in [0.4, 0.5) is 0 Å². The largest absolute Gasteiger partial charge is 0.508 e. The normalized spacial score (nSPS) is 12.8. The number of carbonyl (C=O) groups is 2. The fourth-order valence-corrected chi connectivity index (χ4v) is 2.65. The lowest BCUT2D eigenvalue weighted by Crippen LogP contribution is -2.58. The van der Waals surface area contributed by atoms with Gasteiger partial charge in [-0.3, -0.25) is 9.59 Å². The average molecular weight is 356 g/mol. The van der Waals surface area contributed by atoms with Crippen LogP contribution >= 0.6 is 0 Å². The Morgan fingerprint density at radius 1 is 1.00 bits per heavy atom. The first-order valence-corrected chi connectivity index (χ1v) is 8.45. The Morgan fingerprint density at radius 3 is 2.27 bits per heavy atom. The zero-order chi connectivity index (χ0) is 19.0. The monoisotopic (exact) mass is 356 g/mol. The topological polar surface area (TPSA) is 98.7 Å². The van der Waals surface area contributed by atoms with Crippen molar-refractivity contribution in [3.8, 4) is 5.75 Å². The van der Waals surface area contributed by atoms with Crippen LogP contribution < -0.4 is 10.6 Å². The number of phenols is 1. The van der Waals surface area contributed by atoms with E-state index in [-0.39, 0.29) is 31.1 Å². The SMILES string of the molecule is CC(Cc1ccc(O)cc1)(NC(=O)CCO)C(=O)NCc1ccccc1. The van der Waals surface area contributed by atoms with Gasteiger partial charge in [-0.15, -0.1) is 0 Å². The van der Waals surface area contributed by atoms with E-state index in [1.54, 1.807) is 19.1 Å². The third-order valence-corrected chi connectivity index (χ3v) is 4.05. The predicted molar refractivity (Wildman–Crippen MR) is 98.4 cm³/mol. The summed E-state index contributed by atoms with van der Waals surface area (Å²) < 4.78 is 0. The van der Waals surface area contributed by atoms with E-state index in [1.165, 1.54) is 12.1 Å². The summed E-state index contributed by atoms with van der Waals surface area (Å²) in [6.45, 7) is 1.71. The summed E-state index contributed by atoms with van der Waals surface area (Å²) >= 11 is 0. The van der Waals surface area contributed by atoms with Gasteiger partial charge in [0.2, 0.25) is 11.8 Å². The van der Waals surface area contributed by atoms with E-state index >= 15 is 0 Å². The average Bonchev–Trinajstić information content (AvgIpc) is 2.62. The number of carbonyl (C=O) groups excluding carboxylic acids is 2. The molecule has 0 aliphatic heterocycles. The standard InChI is InChI=1S/C20H24N2O4/c1-20(22-18(25)11-12-23,13-15-7-9-17(24)10-8-15)19(26)21-14-16-5-3-2-4-6-16/h2-10,23-24H,11-14H2,1H3,(H,21,26)(H,22,25). The van der Waals surface area contributed by atoms with E-state index < -0.39 is 11.4 Å². The molecule has 26 heavy (non-hydrogen) atoms. The fraction of sp³-hybridized carbons (Fsp3) is 0.300. The number of aromatic hydroxyl groups is 1. The van der Waals surface area contributed by atoms with Crippen molar-refractivity contribution in [1.82, 2.24) is 10.6 Å². The molecule has 0 spiro atoms. The maximum atomic E-state index is 12.8. The second kappa shape index (κ2) is 9.01. The van der Waals surface area contributed by atoms with Crippen LogP contribution in [0.2, 0.25) is 0 Å². The summed E-state index contributed by atoms with van der Waals surface area (Å²) in [5.41, 5.74) is 0.567. The van der Waals surface area contributed by atoms with Crippen LogP contribution in [0.15, 0.2) is 54.6 Å². The van der Waals surface area contributed by atoms with Gasteiger partial charge in [-0.25, -0.2) is 0 Å². The van der Waals surface area contributed by atoms with Crippen LogP contribution in [-0.4, -0.2) is 34.2 Å². The van der Waals surface area contributed by atoms with Gasteiger partial charge in [0.25, 0.3) is 0 Å². The summed E-state index contributed by atoms with van der Waals surface area (Å²) in [7, 11) is 0. The minimum atomic E-state index is -1.18. The van der Waals surface area contributed by atoms with Crippen molar-refractivity contribution in [2.45, 2.75) is 31.8 Å². The fourth-order valence-electron chi connectivity index (χ4n) is 2.65. The number of amides is 2. The molecule has 4 N–H and O–H groups in total. The van der Waals surface area contributed by atoms with Gasteiger partial charge in [0.15, 0.2) is 0 Å². The molecule has 0 saturated heterocycles. The quantitative estimate of drug-likeness (QED) is 0.576. The molecule has 0 aromatic heterocycles. The molecule has 2 aromatic rings. The number of rotatable bonds is 8. The highest BCUT2D eigenvalue weighted by molar-refractivity contribution is 5.91. The molecule has 6 heteroatoms. The first-order valence-electron chi connectivity index (χ1n) is 8.45. The van der Waals surface area contributed by atoms with Crippen molar-refractivity contribution >= 4 is 11.8 Å². The number of phenolic OH excluding ortho intramolecular Hbond substituents is 1. The van der Waals surface area contributed by atoms with Crippen LogP contribution in [-0.2, 0) is 22.6 Å². The highest BCUT2D eigenvalue weighted by Gasteiger charge is 2.34. The molecule has 1 unspecified atom stereocenters. The van der Waals surface area contributed by atoms with E-state index in [4.69, 9.17) is 5.11 Å². The smallest absolute Gasteiger partial charge is 0.246 e. The molecule has 0 bridgehead atoms. The second-order valence-electron chi connectivity index (χ2n) is 6.37. The molecule has 2 amide bonds. The molecule has 0 fully saturated rings. The Balaban J connectivity index is 2.13. The third kappa shape index (κ3) is 5.60. The van der Waals surface area contributed by atoms with Gasteiger partial charge in [-0.1, -0.05) is 42.5 Å². The number of hydrogen-bond donors (Lipinski definition) is 4. The van der Waals surface area contributed by atoms with E-state index in [2.05, 4.69) is 10.6 Å². The minimum Gasteiger partial charge on any atom is -0.508 e. The number of nitrogens with one attached hydrogen (secondary N) is 2. The van der Waals surface area contributed by atoms with Crippen LogP contribution in [0, 0.1) is 0 Å². The van der Waals surface area contributed by atoms with Gasteiger partial charge in [-0.05, 0) is 30.2 Å². The van der Waals surface area contributed by atoms with Crippen molar-refractivity contribution in [3.05, 3.63) is 65.7 Å². The highest BCUT2D eigenvalue weighted by atomic mass is 16.3. The molecule has 6 nitrogen and oxygen atoms in total. The summed E-state index contributed by atoms with van der Waals surface area (Å²) in [4.78, 5) is 24.8. The summed E-state index contributed by atoms with van der Waals surface area (Å²) in [6.07, 6.45) is 0.183. The molecular weight excluding hydrogens is 332 g/mol. The number of benzene rings is 2. The zero-order valence-corrected chi connectivity index (χ0v) is 14.7. The zero-order valence-electron chi connectivity index (χ0n) is 14.7. The van der Waals surface area contributed by atoms with Crippen LogP contribution in [0.3, 0.4) is 0 Å². The van der Waals surface area contributed by atoms with Crippen LogP contribution in [0.5, 0.6) is 5.75 Å². The van der Waals surface area contributed by atoms with Crippen molar-refractivity contribution in [2.24, 2.45) is 0 Å². The van der Waals surface area contributed by atoms with Gasteiger partial charge >= 0.3 is 0 Å². The Morgan fingerprint density at radius 2 is 1.65 bits per heavy atom. The lowest BCUT2D eigenvalue weighted by atomic mass is 9.91. The minimum absolute atomic E-state index is 0.0723. The molecule has 0 saturated carbocycles. The molecule has 2 aromatic carbocycles. The van der Waals surface area contributed by atoms with Gasteiger partial charge in [0.1, 0.15) is 11.3 Å². The molecule has 138 valence electrons. The maximum absolute atomic E-state index is 12.8. The van der Waals surface area contributed by atoms with Crippen molar-refractivity contribution in [2.75, 3.05) is 6.61 Å².